The largest absolute Gasteiger partial charge is 0.489 e. The second-order valence-corrected chi connectivity index (χ2v) is 18.3. The van der Waals surface area contributed by atoms with Crippen molar-refractivity contribution in [3.05, 3.63) is 86.6 Å². The molecular formula is C36H48OSSi. The summed E-state index contributed by atoms with van der Waals surface area (Å²) in [4.78, 5) is 3.02. The van der Waals surface area contributed by atoms with Gasteiger partial charge in [-0.2, -0.15) is 0 Å². The maximum Gasteiger partial charge on any atom is 0.126 e. The van der Waals surface area contributed by atoms with Gasteiger partial charge in [0.1, 0.15) is 20.4 Å². The third-order valence-electron chi connectivity index (χ3n) is 9.15. The quantitative estimate of drug-likeness (QED) is 0.178. The molecular weight excluding hydrogens is 509 g/mol. The molecule has 208 valence electrons. The van der Waals surface area contributed by atoms with Crippen molar-refractivity contribution in [2.75, 3.05) is 6.61 Å². The number of aryl methyl sites for hydroxylation is 2. The van der Waals surface area contributed by atoms with Crippen LogP contribution in [-0.4, -0.2) is 14.7 Å². The highest BCUT2D eigenvalue weighted by Crippen LogP contribution is 2.53. The van der Waals surface area contributed by atoms with Gasteiger partial charge in [-0.05, 0) is 84.7 Å². The van der Waals surface area contributed by atoms with Crippen molar-refractivity contribution in [3.63, 3.8) is 0 Å². The molecule has 0 aliphatic heterocycles. The van der Waals surface area contributed by atoms with E-state index < -0.39 is 8.07 Å². The van der Waals surface area contributed by atoms with E-state index in [0.717, 1.165) is 5.75 Å². The molecule has 0 bridgehead atoms. The van der Waals surface area contributed by atoms with E-state index in [0.29, 0.717) is 24.0 Å². The summed E-state index contributed by atoms with van der Waals surface area (Å²) in [7, 11) is -2.12. The van der Waals surface area contributed by atoms with Crippen LogP contribution in [0.2, 0.25) is 12.1 Å². The van der Waals surface area contributed by atoms with Gasteiger partial charge in [0, 0.05) is 20.9 Å². The third-order valence-corrected chi connectivity index (χ3v) is 16.3. The van der Waals surface area contributed by atoms with Crippen LogP contribution in [0, 0.1) is 13.8 Å². The smallest absolute Gasteiger partial charge is 0.126 e. The Morgan fingerprint density at radius 3 is 2.08 bits per heavy atom. The first-order valence-corrected chi connectivity index (χ1v) is 18.1. The fourth-order valence-electron chi connectivity index (χ4n) is 7.01. The van der Waals surface area contributed by atoms with Crippen LogP contribution in [-0.2, 0) is 0 Å². The summed E-state index contributed by atoms with van der Waals surface area (Å²) in [6.07, 6.45) is 1.90. The van der Waals surface area contributed by atoms with E-state index in [9.17, 15) is 0 Å². The predicted molar refractivity (Wildman–Crippen MR) is 177 cm³/mol. The number of thiophene rings is 1. The second-order valence-electron chi connectivity index (χ2n) is 12.1. The Kier molecular flexibility index (Phi) is 8.83. The first kappa shape index (κ1) is 29.6. The molecule has 1 aliphatic carbocycles. The van der Waals surface area contributed by atoms with Crippen LogP contribution in [0.5, 0.6) is 5.75 Å². The number of allylic oxidation sites excluding steroid dienone is 2. The minimum absolute atomic E-state index is 0.425. The molecule has 1 nitrogen and oxygen atoms in total. The summed E-state index contributed by atoms with van der Waals surface area (Å²) < 4.78 is 6.82. The van der Waals surface area contributed by atoms with Crippen molar-refractivity contribution in [1.82, 2.24) is 0 Å². The molecule has 2 aromatic carbocycles. The number of rotatable bonds is 10. The van der Waals surface area contributed by atoms with E-state index in [2.05, 4.69) is 112 Å². The topological polar surface area (TPSA) is 9.23 Å². The van der Waals surface area contributed by atoms with E-state index >= 15 is 0 Å². The summed E-state index contributed by atoms with van der Waals surface area (Å²) >= 11 is 2.02. The Hall–Kier alpha value is -2.36. The van der Waals surface area contributed by atoms with Crippen LogP contribution in [0.25, 0.3) is 16.7 Å². The molecule has 1 aromatic heterocycles. The van der Waals surface area contributed by atoms with Crippen LogP contribution in [0.1, 0.15) is 105 Å². The number of ether oxygens (including phenoxy) is 1. The minimum Gasteiger partial charge on any atom is -0.489 e. The maximum absolute atomic E-state index is 6.82. The number of fused-ring (bicyclic) bond motifs is 1. The SMILES string of the molecule is C=CCOc1c(-c2c(C(C)C)cccc2C(C)C)cc(C)cc1[Si](CC)(CC)C1C(C)=C(C)c2cc(C)sc21. The van der Waals surface area contributed by atoms with Gasteiger partial charge in [-0.1, -0.05) is 102 Å². The molecule has 1 atom stereocenters. The van der Waals surface area contributed by atoms with Gasteiger partial charge >= 0.3 is 0 Å². The van der Waals surface area contributed by atoms with Crippen molar-refractivity contribution in [2.24, 2.45) is 0 Å². The summed E-state index contributed by atoms with van der Waals surface area (Å²) in [5.74, 6) is 1.96. The highest BCUT2D eigenvalue weighted by molar-refractivity contribution is 7.13. The first-order valence-electron chi connectivity index (χ1n) is 14.8. The lowest BCUT2D eigenvalue weighted by molar-refractivity contribution is 0.367. The Labute approximate surface area is 243 Å². The van der Waals surface area contributed by atoms with Gasteiger partial charge < -0.3 is 4.74 Å². The Bertz CT molecular complexity index is 1370. The van der Waals surface area contributed by atoms with Gasteiger partial charge in [-0.3, -0.25) is 0 Å². The molecule has 0 spiro atoms. The standard InChI is InChI=1S/C36H48OSSi/c1-12-18-37-34-31(33-28(22(4)5)16-15-17-29(33)23(6)7)19-24(8)20-32(34)39(13-2,14-3)36-27(11)26(10)30-21-25(9)38-35(30)36/h12,15-17,19-23,36H,1,13-14,18H2,2-11H3. The average Bonchev–Trinajstić information content (AvgIpc) is 3.39. The molecule has 0 saturated carbocycles. The molecule has 39 heavy (non-hydrogen) atoms. The molecule has 3 heteroatoms. The normalized spacial score (nSPS) is 15.4. The molecule has 1 aliphatic rings. The van der Waals surface area contributed by atoms with Crippen molar-refractivity contribution >= 4 is 30.2 Å². The van der Waals surface area contributed by atoms with E-state index in [-0.39, 0.29) is 0 Å². The minimum atomic E-state index is -2.12. The average molecular weight is 557 g/mol. The first-order chi connectivity index (χ1) is 18.5. The Balaban J connectivity index is 2.12. The van der Waals surface area contributed by atoms with E-state index in [1.165, 1.54) is 61.1 Å². The Morgan fingerprint density at radius 1 is 0.923 bits per heavy atom. The van der Waals surface area contributed by atoms with Gasteiger partial charge in [0.25, 0.3) is 0 Å². The fraction of sp³-hybridized carbons (Fsp3) is 0.444. The second kappa shape index (κ2) is 11.6. The van der Waals surface area contributed by atoms with Crippen molar-refractivity contribution in [1.29, 1.82) is 0 Å². The van der Waals surface area contributed by atoms with E-state index in [1.54, 1.807) is 10.5 Å². The zero-order valence-corrected chi connectivity index (χ0v) is 27.7. The molecule has 0 fully saturated rings. The molecule has 4 rings (SSSR count). The zero-order valence-electron chi connectivity index (χ0n) is 25.9. The van der Waals surface area contributed by atoms with Crippen LogP contribution >= 0.6 is 11.3 Å². The third kappa shape index (κ3) is 5.02. The molecule has 0 saturated heterocycles. The lowest BCUT2D eigenvalue weighted by Gasteiger charge is -2.39. The zero-order chi connectivity index (χ0) is 28.6. The van der Waals surface area contributed by atoms with Crippen LogP contribution < -0.4 is 9.92 Å². The fourth-order valence-corrected chi connectivity index (χ4v) is 14.3. The van der Waals surface area contributed by atoms with Crippen LogP contribution in [0.3, 0.4) is 0 Å². The lowest BCUT2D eigenvalue weighted by atomic mass is 9.84. The molecule has 0 radical (unpaired) electrons. The number of benzene rings is 2. The lowest BCUT2D eigenvalue weighted by Crippen LogP contribution is -2.53. The van der Waals surface area contributed by atoms with Gasteiger partial charge in [-0.25, -0.2) is 0 Å². The molecule has 0 N–H and O–H groups in total. The van der Waals surface area contributed by atoms with Gasteiger partial charge in [0.05, 0.1) is 0 Å². The monoisotopic (exact) mass is 556 g/mol. The van der Waals surface area contributed by atoms with Gasteiger partial charge in [0.2, 0.25) is 0 Å². The summed E-state index contributed by atoms with van der Waals surface area (Å²) in [5, 5.41) is 1.49. The van der Waals surface area contributed by atoms with Crippen LogP contribution in [0.4, 0.5) is 0 Å². The van der Waals surface area contributed by atoms with E-state index in [1.807, 2.05) is 17.4 Å². The molecule has 1 unspecified atom stereocenters. The molecule has 0 amide bonds. The Morgan fingerprint density at radius 2 is 1.54 bits per heavy atom. The summed E-state index contributed by atoms with van der Waals surface area (Å²) in [5.41, 5.74) is 11.9. The summed E-state index contributed by atoms with van der Waals surface area (Å²) in [6, 6.07) is 16.6. The van der Waals surface area contributed by atoms with Gasteiger partial charge in [0.15, 0.2) is 0 Å². The number of hydrogen-bond donors (Lipinski definition) is 0. The highest BCUT2D eigenvalue weighted by atomic mass is 32.1. The maximum atomic E-state index is 6.82. The van der Waals surface area contributed by atoms with Gasteiger partial charge in [-0.15, -0.1) is 11.3 Å². The predicted octanol–water partition coefficient (Wildman–Crippen LogP) is 10.7. The van der Waals surface area contributed by atoms with Crippen molar-refractivity contribution in [3.8, 4) is 16.9 Å². The summed E-state index contributed by atoms with van der Waals surface area (Å²) in [6.45, 7) is 28.0. The van der Waals surface area contributed by atoms with E-state index in [4.69, 9.17) is 4.74 Å². The highest BCUT2D eigenvalue weighted by Gasteiger charge is 2.48. The molecule has 1 heterocycles. The van der Waals surface area contributed by atoms with Crippen molar-refractivity contribution < 1.29 is 4.74 Å². The molecule has 3 aromatic rings. The van der Waals surface area contributed by atoms with Crippen molar-refractivity contribution in [2.45, 2.75) is 98.7 Å². The van der Waals surface area contributed by atoms with Crippen LogP contribution in [0.15, 0.2) is 54.6 Å². The number of hydrogen-bond acceptors (Lipinski definition) is 2.